The first-order chi connectivity index (χ1) is 11.8. The second kappa shape index (κ2) is 7.79. The maximum atomic E-state index is 12.3. The highest BCUT2D eigenvalue weighted by molar-refractivity contribution is 6.36. The summed E-state index contributed by atoms with van der Waals surface area (Å²) in [6, 6.07) is 10.7. The van der Waals surface area contributed by atoms with Gasteiger partial charge in [-0.2, -0.15) is 5.26 Å². The van der Waals surface area contributed by atoms with Crippen LogP contribution in [0.1, 0.15) is 11.1 Å². The van der Waals surface area contributed by atoms with Gasteiger partial charge in [-0.05, 0) is 36.8 Å². The Balaban J connectivity index is 2.33. The third-order valence-corrected chi connectivity index (χ3v) is 3.85. The summed E-state index contributed by atoms with van der Waals surface area (Å²) in [5, 5.41) is 23.3. The summed E-state index contributed by atoms with van der Waals surface area (Å²) in [5.74, 6) is -0.699. The first-order valence-electron chi connectivity index (χ1n) is 6.95. The van der Waals surface area contributed by atoms with Gasteiger partial charge in [0.1, 0.15) is 11.6 Å². The van der Waals surface area contributed by atoms with E-state index in [2.05, 4.69) is 5.32 Å². The number of nitrogens with zero attached hydrogens (tertiary/aromatic N) is 2. The molecular weight excluding hydrogens is 365 g/mol. The number of nitro groups is 1. The van der Waals surface area contributed by atoms with Crippen LogP contribution in [0.25, 0.3) is 6.08 Å². The fraction of sp³-hybridized carbons (Fsp3) is 0.0588. The van der Waals surface area contributed by atoms with Crippen molar-refractivity contribution in [1.82, 2.24) is 0 Å². The zero-order chi connectivity index (χ0) is 18.6. The van der Waals surface area contributed by atoms with Gasteiger partial charge >= 0.3 is 0 Å². The Hall–Kier alpha value is -2.88. The summed E-state index contributed by atoms with van der Waals surface area (Å²) in [4.78, 5) is 22.7. The Bertz CT molecular complexity index is 933. The van der Waals surface area contributed by atoms with Gasteiger partial charge in [-0.15, -0.1) is 0 Å². The molecule has 2 rings (SSSR count). The number of halogens is 2. The number of aryl methyl sites for hydroxylation is 1. The quantitative estimate of drug-likeness (QED) is 0.360. The highest BCUT2D eigenvalue weighted by Crippen LogP contribution is 2.26. The van der Waals surface area contributed by atoms with Crippen molar-refractivity contribution in [3.63, 3.8) is 0 Å². The van der Waals surface area contributed by atoms with Crippen molar-refractivity contribution in [3.8, 4) is 6.07 Å². The molecule has 0 aliphatic heterocycles. The van der Waals surface area contributed by atoms with Gasteiger partial charge in [0.05, 0.1) is 15.6 Å². The average molecular weight is 376 g/mol. The standard InChI is InChI=1S/C17H11Cl2N3O3/c1-10-2-3-11(7-16(10)22(24)25)6-12(9-20)17(23)21-15-8-13(18)4-5-14(15)19/h2-8H,1H3,(H,21,23)/b12-6+. The lowest BCUT2D eigenvalue weighted by molar-refractivity contribution is -0.385. The monoisotopic (exact) mass is 375 g/mol. The van der Waals surface area contributed by atoms with Gasteiger partial charge < -0.3 is 5.32 Å². The zero-order valence-corrected chi connectivity index (χ0v) is 14.4. The first-order valence-corrected chi connectivity index (χ1v) is 7.70. The molecule has 0 spiro atoms. The molecule has 0 saturated carbocycles. The minimum absolute atomic E-state index is 0.0932. The van der Waals surface area contributed by atoms with Gasteiger partial charge in [-0.25, -0.2) is 0 Å². The van der Waals surface area contributed by atoms with Crippen molar-refractivity contribution < 1.29 is 9.72 Å². The van der Waals surface area contributed by atoms with Crippen LogP contribution in [0.2, 0.25) is 10.0 Å². The van der Waals surface area contributed by atoms with Crippen LogP contribution in [-0.2, 0) is 4.79 Å². The van der Waals surface area contributed by atoms with Crippen LogP contribution >= 0.6 is 23.2 Å². The predicted octanol–water partition coefficient (Wildman–Crippen LogP) is 4.76. The van der Waals surface area contributed by atoms with Gasteiger partial charge in [0.25, 0.3) is 11.6 Å². The molecule has 0 aliphatic rings. The number of hydrogen-bond acceptors (Lipinski definition) is 4. The molecule has 2 aromatic carbocycles. The molecule has 0 heterocycles. The maximum absolute atomic E-state index is 12.3. The number of hydrogen-bond donors (Lipinski definition) is 1. The van der Waals surface area contributed by atoms with E-state index in [4.69, 9.17) is 23.2 Å². The van der Waals surface area contributed by atoms with Gasteiger partial charge in [0.15, 0.2) is 0 Å². The number of carbonyl (C=O) groups excluding carboxylic acids is 1. The van der Waals surface area contributed by atoms with Crippen LogP contribution in [-0.4, -0.2) is 10.8 Å². The molecule has 0 radical (unpaired) electrons. The largest absolute Gasteiger partial charge is 0.320 e. The van der Waals surface area contributed by atoms with Crippen molar-refractivity contribution in [2.45, 2.75) is 6.92 Å². The second-order valence-corrected chi connectivity index (χ2v) is 5.89. The topological polar surface area (TPSA) is 96.0 Å². The third-order valence-electron chi connectivity index (χ3n) is 3.28. The molecule has 1 amide bonds. The van der Waals surface area contributed by atoms with E-state index >= 15 is 0 Å². The van der Waals surface area contributed by atoms with Gasteiger partial charge in [-0.1, -0.05) is 35.3 Å². The summed E-state index contributed by atoms with van der Waals surface area (Å²) >= 11 is 11.8. The van der Waals surface area contributed by atoms with Crippen LogP contribution < -0.4 is 5.32 Å². The molecule has 0 atom stereocenters. The minimum Gasteiger partial charge on any atom is -0.320 e. The average Bonchev–Trinajstić information content (AvgIpc) is 2.57. The van der Waals surface area contributed by atoms with Crippen molar-refractivity contribution in [3.05, 3.63) is 73.3 Å². The molecule has 0 aromatic heterocycles. The van der Waals surface area contributed by atoms with E-state index in [-0.39, 0.29) is 22.0 Å². The van der Waals surface area contributed by atoms with Crippen molar-refractivity contribution >= 4 is 46.6 Å². The summed E-state index contributed by atoms with van der Waals surface area (Å²) < 4.78 is 0. The summed E-state index contributed by atoms with van der Waals surface area (Å²) in [6.07, 6.45) is 1.26. The Labute approximate surface area is 153 Å². The zero-order valence-electron chi connectivity index (χ0n) is 12.9. The van der Waals surface area contributed by atoms with E-state index in [9.17, 15) is 20.2 Å². The molecule has 2 aromatic rings. The number of nitriles is 1. The Kier molecular flexibility index (Phi) is 5.75. The number of amides is 1. The fourth-order valence-electron chi connectivity index (χ4n) is 2.01. The molecule has 0 aliphatic carbocycles. The molecule has 6 nitrogen and oxygen atoms in total. The lowest BCUT2D eigenvalue weighted by Crippen LogP contribution is -2.13. The molecule has 1 N–H and O–H groups in total. The highest BCUT2D eigenvalue weighted by Gasteiger charge is 2.14. The smallest absolute Gasteiger partial charge is 0.272 e. The summed E-state index contributed by atoms with van der Waals surface area (Å²) in [5.41, 5.74) is 0.783. The molecule has 0 bridgehead atoms. The number of nitrogens with one attached hydrogen (secondary N) is 1. The Morgan fingerprint density at radius 2 is 2.00 bits per heavy atom. The first kappa shape index (κ1) is 18.5. The summed E-state index contributed by atoms with van der Waals surface area (Å²) in [7, 11) is 0. The van der Waals surface area contributed by atoms with Gasteiger partial charge in [-0.3, -0.25) is 14.9 Å². The number of rotatable bonds is 4. The van der Waals surface area contributed by atoms with E-state index in [1.165, 1.54) is 24.3 Å². The lowest BCUT2D eigenvalue weighted by atomic mass is 10.1. The van der Waals surface area contributed by atoms with Crippen molar-refractivity contribution in [1.29, 1.82) is 5.26 Å². The van der Waals surface area contributed by atoms with Crippen LogP contribution in [0.5, 0.6) is 0 Å². The van der Waals surface area contributed by atoms with Gasteiger partial charge in [0.2, 0.25) is 0 Å². The van der Waals surface area contributed by atoms with E-state index in [1.807, 2.05) is 0 Å². The highest BCUT2D eigenvalue weighted by atomic mass is 35.5. The molecule has 25 heavy (non-hydrogen) atoms. The maximum Gasteiger partial charge on any atom is 0.272 e. The van der Waals surface area contributed by atoms with Crippen molar-refractivity contribution in [2.75, 3.05) is 5.32 Å². The van der Waals surface area contributed by atoms with E-state index in [0.29, 0.717) is 16.1 Å². The molecular formula is C17H11Cl2N3O3. The number of carbonyl (C=O) groups is 1. The molecule has 8 heteroatoms. The molecule has 126 valence electrons. The number of benzene rings is 2. The Morgan fingerprint density at radius 1 is 1.28 bits per heavy atom. The second-order valence-electron chi connectivity index (χ2n) is 5.05. The van der Waals surface area contributed by atoms with E-state index < -0.39 is 10.8 Å². The van der Waals surface area contributed by atoms with Crippen LogP contribution in [0, 0.1) is 28.4 Å². The predicted molar refractivity (Wildman–Crippen MR) is 96.5 cm³/mol. The molecule has 0 saturated heterocycles. The fourth-order valence-corrected chi connectivity index (χ4v) is 2.35. The van der Waals surface area contributed by atoms with Gasteiger partial charge in [0, 0.05) is 16.7 Å². The third kappa shape index (κ3) is 4.57. The number of nitro benzene ring substituents is 1. The van der Waals surface area contributed by atoms with Crippen LogP contribution in [0.15, 0.2) is 42.0 Å². The SMILES string of the molecule is Cc1ccc(/C=C(\C#N)C(=O)Nc2cc(Cl)ccc2Cl)cc1[N+](=O)[O-]. The van der Waals surface area contributed by atoms with E-state index in [0.717, 1.165) is 0 Å². The van der Waals surface area contributed by atoms with E-state index in [1.54, 1.807) is 31.2 Å². The Morgan fingerprint density at radius 3 is 2.64 bits per heavy atom. The minimum atomic E-state index is -0.699. The van der Waals surface area contributed by atoms with Crippen LogP contribution in [0.3, 0.4) is 0 Å². The lowest BCUT2D eigenvalue weighted by Gasteiger charge is -2.07. The normalized spacial score (nSPS) is 10.9. The van der Waals surface area contributed by atoms with Crippen molar-refractivity contribution in [2.24, 2.45) is 0 Å². The molecule has 0 unspecified atom stereocenters. The number of anilines is 1. The van der Waals surface area contributed by atoms with Crippen LogP contribution in [0.4, 0.5) is 11.4 Å². The summed E-state index contributed by atoms with van der Waals surface area (Å²) in [6.45, 7) is 1.60. The molecule has 0 fully saturated rings.